The van der Waals surface area contributed by atoms with Gasteiger partial charge in [-0.05, 0) is 63.5 Å². The molecule has 1 amide bonds. The number of halogens is 2. The van der Waals surface area contributed by atoms with E-state index in [1.807, 2.05) is 38.4 Å². The molecule has 168 valence electrons. The molecule has 0 bridgehead atoms. The maximum atomic E-state index is 13.4. The first-order valence-electron chi connectivity index (χ1n) is 10.1. The number of hydrogen-bond acceptors (Lipinski definition) is 6. The quantitative estimate of drug-likeness (QED) is 0.468. The summed E-state index contributed by atoms with van der Waals surface area (Å²) in [6.45, 7) is 0.870. The fourth-order valence-corrected chi connectivity index (χ4v) is 3.19. The summed E-state index contributed by atoms with van der Waals surface area (Å²) in [6, 6.07) is 13.6. The molecule has 2 aromatic carbocycles. The Hall–Kier alpha value is -3.23. The maximum Gasteiger partial charge on any atom is 0.226 e. The fourth-order valence-electron chi connectivity index (χ4n) is 3.01. The molecule has 2 N–H and O–H groups in total. The highest BCUT2D eigenvalue weighted by Gasteiger charge is 2.12. The van der Waals surface area contributed by atoms with Gasteiger partial charge in [0.2, 0.25) is 5.91 Å². The lowest BCUT2D eigenvalue weighted by molar-refractivity contribution is -0.118. The van der Waals surface area contributed by atoms with E-state index in [1.165, 1.54) is 18.5 Å². The number of amides is 1. The van der Waals surface area contributed by atoms with Gasteiger partial charge in [-0.1, -0.05) is 17.7 Å². The molecule has 0 fully saturated rings. The molecule has 1 heterocycles. The number of nitrogens with zero attached hydrogens (tertiary/aromatic N) is 4. The summed E-state index contributed by atoms with van der Waals surface area (Å²) in [4.78, 5) is 24.6. The minimum Gasteiger partial charge on any atom is -0.340 e. The first-order chi connectivity index (χ1) is 15.3. The van der Waals surface area contributed by atoms with E-state index in [4.69, 9.17) is 11.6 Å². The second-order valence-corrected chi connectivity index (χ2v) is 7.98. The predicted octanol–water partition coefficient (Wildman–Crippen LogP) is 5.06. The van der Waals surface area contributed by atoms with Crippen LogP contribution in [0, 0.1) is 5.82 Å². The lowest BCUT2D eigenvalue weighted by Gasteiger charge is -2.19. The number of aromatic nitrogens is 2. The summed E-state index contributed by atoms with van der Waals surface area (Å²) in [5, 5.41) is 6.32. The number of anilines is 5. The Morgan fingerprint density at radius 1 is 1.00 bits per heavy atom. The highest BCUT2D eigenvalue weighted by Crippen LogP contribution is 2.25. The van der Waals surface area contributed by atoms with Crippen LogP contribution in [0.2, 0.25) is 5.02 Å². The smallest absolute Gasteiger partial charge is 0.226 e. The van der Waals surface area contributed by atoms with Crippen molar-refractivity contribution in [2.75, 3.05) is 43.2 Å². The number of rotatable bonds is 9. The Morgan fingerprint density at radius 3 is 2.34 bits per heavy atom. The zero-order valence-electron chi connectivity index (χ0n) is 18.3. The third kappa shape index (κ3) is 6.63. The Bertz CT molecular complexity index is 1080. The largest absolute Gasteiger partial charge is 0.340 e. The molecule has 0 aliphatic heterocycles. The van der Waals surface area contributed by atoms with Gasteiger partial charge in [-0.25, -0.2) is 14.4 Å². The molecular formula is C23H26ClFN6O. The number of hydrogen-bond donors (Lipinski definition) is 2. The Kier molecular flexibility index (Phi) is 7.97. The van der Waals surface area contributed by atoms with Crippen LogP contribution in [0.5, 0.6) is 0 Å². The van der Waals surface area contributed by atoms with E-state index in [9.17, 15) is 9.18 Å². The van der Waals surface area contributed by atoms with Gasteiger partial charge in [-0.2, -0.15) is 0 Å². The van der Waals surface area contributed by atoms with Crippen molar-refractivity contribution in [3.05, 3.63) is 65.7 Å². The number of benzene rings is 2. The van der Waals surface area contributed by atoms with Crippen molar-refractivity contribution in [2.45, 2.75) is 12.8 Å². The molecule has 0 aliphatic rings. The first kappa shape index (κ1) is 23.4. The average Bonchev–Trinajstić information content (AvgIpc) is 2.76. The Labute approximate surface area is 192 Å². The van der Waals surface area contributed by atoms with Gasteiger partial charge < -0.3 is 20.4 Å². The van der Waals surface area contributed by atoms with Gasteiger partial charge in [-0.15, -0.1) is 0 Å². The van der Waals surface area contributed by atoms with Crippen LogP contribution < -0.4 is 15.5 Å². The molecule has 3 aromatic rings. The topological polar surface area (TPSA) is 73.4 Å². The van der Waals surface area contributed by atoms with Crippen molar-refractivity contribution in [3.8, 4) is 0 Å². The van der Waals surface area contributed by atoms with Crippen molar-refractivity contribution in [1.82, 2.24) is 14.9 Å². The van der Waals surface area contributed by atoms with Crippen molar-refractivity contribution in [2.24, 2.45) is 0 Å². The molecule has 0 atom stereocenters. The van der Waals surface area contributed by atoms with Gasteiger partial charge >= 0.3 is 0 Å². The summed E-state index contributed by atoms with van der Waals surface area (Å²) in [5.41, 5.74) is 2.18. The molecule has 0 saturated heterocycles. The molecule has 0 saturated carbocycles. The Balaban J connectivity index is 1.66. The maximum absolute atomic E-state index is 13.4. The van der Waals surface area contributed by atoms with Crippen molar-refractivity contribution in [3.63, 3.8) is 0 Å². The van der Waals surface area contributed by atoms with Crippen molar-refractivity contribution >= 4 is 46.2 Å². The first-order valence-corrected chi connectivity index (χ1v) is 10.5. The van der Waals surface area contributed by atoms with Crippen molar-refractivity contribution in [1.29, 1.82) is 0 Å². The summed E-state index contributed by atoms with van der Waals surface area (Å²) in [5.74, 6) is 0.668. The number of carbonyl (C=O) groups excluding carboxylic acids is 1. The van der Waals surface area contributed by atoms with Gasteiger partial charge in [0.25, 0.3) is 0 Å². The fraction of sp³-hybridized carbons (Fsp3) is 0.261. The molecule has 0 unspecified atom stereocenters. The lowest BCUT2D eigenvalue weighted by Crippen LogP contribution is -2.27. The molecule has 7 nitrogen and oxygen atoms in total. The third-order valence-electron chi connectivity index (χ3n) is 4.74. The van der Waals surface area contributed by atoms with Crippen LogP contribution >= 0.6 is 11.6 Å². The van der Waals surface area contributed by atoms with E-state index in [1.54, 1.807) is 24.1 Å². The minimum absolute atomic E-state index is 0.0274. The van der Waals surface area contributed by atoms with E-state index in [2.05, 4.69) is 25.5 Å². The molecular weight excluding hydrogens is 431 g/mol. The zero-order valence-corrected chi connectivity index (χ0v) is 19.0. The summed E-state index contributed by atoms with van der Waals surface area (Å²) < 4.78 is 13.4. The van der Waals surface area contributed by atoms with Crippen LogP contribution in [0.3, 0.4) is 0 Å². The highest BCUT2D eigenvalue weighted by molar-refractivity contribution is 6.31. The van der Waals surface area contributed by atoms with Crippen molar-refractivity contribution < 1.29 is 9.18 Å². The lowest BCUT2D eigenvalue weighted by atomic mass is 10.2. The normalized spacial score (nSPS) is 10.8. The molecule has 1 aromatic heterocycles. The van der Waals surface area contributed by atoms with E-state index < -0.39 is 5.82 Å². The second-order valence-electron chi connectivity index (χ2n) is 7.58. The van der Waals surface area contributed by atoms with Gasteiger partial charge in [0.1, 0.15) is 23.8 Å². The molecule has 32 heavy (non-hydrogen) atoms. The summed E-state index contributed by atoms with van der Waals surface area (Å²) in [7, 11) is 5.76. The highest BCUT2D eigenvalue weighted by atomic mass is 35.5. The number of carbonyl (C=O) groups is 1. The monoisotopic (exact) mass is 456 g/mol. The van der Waals surface area contributed by atoms with Gasteiger partial charge in [0.05, 0.1) is 5.02 Å². The SMILES string of the molecule is CN(C)CCCC(=O)N(C)c1cccc(Nc2cc(Nc3ccc(F)c(Cl)c3)ncn2)c1. The van der Waals surface area contributed by atoms with E-state index in [-0.39, 0.29) is 10.9 Å². The van der Waals surface area contributed by atoms with Crippen LogP contribution in [-0.4, -0.2) is 48.5 Å². The molecule has 0 aliphatic carbocycles. The summed E-state index contributed by atoms with van der Waals surface area (Å²) >= 11 is 5.83. The van der Waals surface area contributed by atoms with Gasteiger partial charge in [-0.3, -0.25) is 4.79 Å². The van der Waals surface area contributed by atoms with Crippen LogP contribution in [0.4, 0.5) is 33.1 Å². The van der Waals surface area contributed by atoms with E-state index >= 15 is 0 Å². The van der Waals surface area contributed by atoms with Gasteiger partial charge in [0.15, 0.2) is 0 Å². The van der Waals surface area contributed by atoms with Gasteiger partial charge in [0, 0.05) is 36.6 Å². The molecule has 0 spiro atoms. The minimum atomic E-state index is -0.483. The van der Waals surface area contributed by atoms with Crippen LogP contribution in [0.25, 0.3) is 0 Å². The van der Waals surface area contributed by atoms with E-state index in [0.29, 0.717) is 23.7 Å². The standard InChI is InChI=1S/C23H26ClFN6O/c1-30(2)11-5-8-23(32)31(3)18-7-4-6-16(12-18)28-21-14-22(27-15-26-21)29-17-9-10-20(25)19(24)13-17/h4,6-7,9-10,12-15H,5,8,11H2,1-3H3,(H2,26,27,28,29). The Morgan fingerprint density at radius 2 is 1.69 bits per heavy atom. The third-order valence-corrected chi connectivity index (χ3v) is 5.02. The van der Waals surface area contributed by atoms with Crippen LogP contribution in [0.1, 0.15) is 12.8 Å². The van der Waals surface area contributed by atoms with Crippen LogP contribution in [0.15, 0.2) is 54.9 Å². The molecule has 3 rings (SSSR count). The predicted molar refractivity (Wildman–Crippen MR) is 128 cm³/mol. The molecule has 9 heteroatoms. The zero-order chi connectivity index (χ0) is 23.1. The molecule has 0 radical (unpaired) electrons. The summed E-state index contributed by atoms with van der Waals surface area (Å²) in [6.07, 6.45) is 2.71. The average molecular weight is 457 g/mol. The van der Waals surface area contributed by atoms with E-state index in [0.717, 1.165) is 24.3 Å². The second kappa shape index (κ2) is 10.9. The number of nitrogens with one attached hydrogen (secondary N) is 2. The van der Waals surface area contributed by atoms with Crippen LogP contribution in [-0.2, 0) is 4.79 Å².